The van der Waals surface area contributed by atoms with Crippen molar-refractivity contribution in [3.63, 3.8) is 0 Å². The number of carbonyl (C=O) groups excluding carboxylic acids is 3. The van der Waals surface area contributed by atoms with Crippen molar-refractivity contribution in [3.8, 4) is 0 Å². The van der Waals surface area contributed by atoms with E-state index in [9.17, 15) is 14.4 Å². The minimum Gasteiger partial charge on any atom is -0.355 e. The first-order valence-electron chi connectivity index (χ1n) is 10.5. The van der Waals surface area contributed by atoms with Gasteiger partial charge in [-0.1, -0.05) is 42.5 Å². The van der Waals surface area contributed by atoms with Gasteiger partial charge in [0.1, 0.15) is 0 Å². The number of anilines is 1. The number of piperidine rings is 1. The molecule has 1 fully saturated rings. The van der Waals surface area contributed by atoms with Crippen LogP contribution in [-0.4, -0.2) is 42.8 Å². The molecule has 1 unspecified atom stereocenters. The van der Waals surface area contributed by atoms with Gasteiger partial charge in [0.05, 0.1) is 5.92 Å². The van der Waals surface area contributed by atoms with Crippen LogP contribution in [0.25, 0.3) is 10.8 Å². The van der Waals surface area contributed by atoms with Gasteiger partial charge in [0.25, 0.3) is 11.8 Å². The summed E-state index contributed by atoms with van der Waals surface area (Å²) >= 11 is 0. The largest absolute Gasteiger partial charge is 0.355 e. The van der Waals surface area contributed by atoms with E-state index in [1.165, 1.54) is 0 Å². The molecule has 1 aliphatic heterocycles. The van der Waals surface area contributed by atoms with Gasteiger partial charge in [-0.3, -0.25) is 14.4 Å². The molecule has 1 aliphatic rings. The molecular formula is C25H25N3O3. The maximum absolute atomic E-state index is 13.2. The van der Waals surface area contributed by atoms with Crippen molar-refractivity contribution >= 4 is 34.2 Å². The Kier molecular flexibility index (Phi) is 5.98. The number of hydrogen-bond acceptors (Lipinski definition) is 3. The van der Waals surface area contributed by atoms with E-state index in [1.807, 2.05) is 42.5 Å². The third-order valence-corrected chi connectivity index (χ3v) is 5.72. The molecule has 158 valence electrons. The Balaban J connectivity index is 1.47. The Labute approximate surface area is 181 Å². The summed E-state index contributed by atoms with van der Waals surface area (Å²) in [5, 5.41) is 7.43. The summed E-state index contributed by atoms with van der Waals surface area (Å²) < 4.78 is 0. The van der Waals surface area contributed by atoms with Crippen LogP contribution in [0.4, 0.5) is 5.69 Å². The third-order valence-electron chi connectivity index (χ3n) is 5.72. The van der Waals surface area contributed by atoms with Gasteiger partial charge in [0.15, 0.2) is 0 Å². The molecule has 2 N–H and O–H groups in total. The van der Waals surface area contributed by atoms with Gasteiger partial charge in [-0.15, -0.1) is 0 Å². The fourth-order valence-electron chi connectivity index (χ4n) is 4.08. The second kappa shape index (κ2) is 9.00. The molecule has 1 atom stereocenters. The van der Waals surface area contributed by atoms with Crippen molar-refractivity contribution in [1.29, 1.82) is 0 Å². The Hall–Kier alpha value is -3.67. The molecule has 0 saturated carbocycles. The molecule has 3 amide bonds. The first kappa shape index (κ1) is 20.6. The Bertz CT molecular complexity index is 1140. The van der Waals surface area contributed by atoms with Crippen LogP contribution in [0.15, 0.2) is 66.7 Å². The summed E-state index contributed by atoms with van der Waals surface area (Å²) in [6.07, 6.45) is 1.49. The van der Waals surface area contributed by atoms with Gasteiger partial charge in [0.2, 0.25) is 5.91 Å². The van der Waals surface area contributed by atoms with Crippen LogP contribution >= 0.6 is 0 Å². The number of nitrogens with zero attached hydrogens (tertiary/aromatic N) is 1. The van der Waals surface area contributed by atoms with Crippen LogP contribution in [-0.2, 0) is 4.79 Å². The Morgan fingerprint density at radius 1 is 0.968 bits per heavy atom. The fraction of sp³-hybridized carbons (Fsp3) is 0.240. The summed E-state index contributed by atoms with van der Waals surface area (Å²) in [6, 6.07) is 20.4. The second-order valence-electron chi connectivity index (χ2n) is 7.77. The van der Waals surface area contributed by atoms with Gasteiger partial charge in [-0.25, -0.2) is 0 Å². The number of rotatable bonds is 4. The molecular weight excluding hydrogens is 390 g/mol. The summed E-state index contributed by atoms with van der Waals surface area (Å²) in [6.45, 7) is 1.01. The van der Waals surface area contributed by atoms with Crippen molar-refractivity contribution in [3.05, 3.63) is 77.9 Å². The highest BCUT2D eigenvalue weighted by atomic mass is 16.2. The molecule has 1 heterocycles. The van der Waals surface area contributed by atoms with Crippen LogP contribution in [0.5, 0.6) is 0 Å². The van der Waals surface area contributed by atoms with E-state index >= 15 is 0 Å². The molecule has 0 aromatic heterocycles. The predicted octanol–water partition coefficient (Wildman–Crippen LogP) is 3.69. The van der Waals surface area contributed by atoms with Gasteiger partial charge in [-0.2, -0.15) is 0 Å². The third kappa shape index (κ3) is 4.43. The number of benzene rings is 3. The number of likely N-dealkylation sites (tertiary alicyclic amines) is 1. The number of hydrogen-bond donors (Lipinski definition) is 2. The molecule has 0 spiro atoms. The lowest BCUT2D eigenvalue weighted by Crippen LogP contribution is -2.43. The van der Waals surface area contributed by atoms with Crippen molar-refractivity contribution in [1.82, 2.24) is 10.2 Å². The molecule has 0 radical (unpaired) electrons. The Morgan fingerprint density at radius 3 is 2.58 bits per heavy atom. The summed E-state index contributed by atoms with van der Waals surface area (Å²) in [4.78, 5) is 39.7. The van der Waals surface area contributed by atoms with Crippen molar-refractivity contribution in [2.75, 3.05) is 25.5 Å². The average Bonchev–Trinajstić information content (AvgIpc) is 2.83. The molecule has 0 bridgehead atoms. The quantitative estimate of drug-likeness (QED) is 0.682. The molecule has 4 rings (SSSR count). The van der Waals surface area contributed by atoms with Gasteiger partial charge in [0, 0.05) is 37.0 Å². The maximum Gasteiger partial charge on any atom is 0.254 e. The normalized spacial score (nSPS) is 16.0. The van der Waals surface area contributed by atoms with E-state index in [0.717, 1.165) is 23.6 Å². The number of fused-ring (bicyclic) bond motifs is 1. The van der Waals surface area contributed by atoms with E-state index in [1.54, 1.807) is 36.2 Å². The van der Waals surface area contributed by atoms with Crippen LogP contribution in [0, 0.1) is 5.92 Å². The number of carbonyl (C=O) groups is 3. The van der Waals surface area contributed by atoms with Crippen molar-refractivity contribution in [2.24, 2.45) is 5.92 Å². The smallest absolute Gasteiger partial charge is 0.254 e. The summed E-state index contributed by atoms with van der Waals surface area (Å²) in [7, 11) is 1.57. The van der Waals surface area contributed by atoms with Crippen LogP contribution < -0.4 is 10.6 Å². The fourth-order valence-corrected chi connectivity index (χ4v) is 4.08. The standard InChI is InChI=1S/C25H25N3O3/c1-26-23(29)18-9-4-11-20(15-18)27-24(30)19-10-6-14-28(16-19)25(31)22-13-5-8-17-7-2-3-12-21(17)22/h2-5,7-9,11-13,15,19H,6,10,14,16H2,1H3,(H,26,29)(H,27,30). The highest BCUT2D eigenvalue weighted by Crippen LogP contribution is 2.24. The molecule has 3 aromatic rings. The zero-order valence-electron chi connectivity index (χ0n) is 17.4. The highest BCUT2D eigenvalue weighted by Gasteiger charge is 2.29. The molecule has 1 saturated heterocycles. The number of nitrogens with one attached hydrogen (secondary N) is 2. The van der Waals surface area contributed by atoms with Crippen LogP contribution in [0.3, 0.4) is 0 Å². The van der Waals surface area contributed by atoms with Crippen LogP contribution in [0.1, 0.15) is 33.6 Å². The SMILES string of the molecule is CNC(=O)c1cccc(NC(=O)C2CCCN(C(=O)c3cccc4ccccc34)C2)c1. The minimum atomic E-state index is -0.295. The summed E-state index contributed by atoms with van der Waals surface area (Å²) in [5.41, 5.74) is 1.72. The predicted molar refractivity (Wildman–Crippen MR) is 121 cm³/mol. The van der Waals surface area contributed by atoms with Gasteiger partial charge >= 0.3 is 0 Å². The zero-order valence-corrected chi connectivity index (χ0v) is 17.4. The first-order valence-corrected chi connectivity index (χ1v) is 10.5. The molecule has 31 heavy (non-hydrogen) atoms. The molecule has 6 nitrogen and oxygen atoms in total. The molecule has 0 aliphatic carbocycles. The summed E-state index contributed by atoms with van der Waals surface area (Å²) in [5.74, 6) is -0.683. The second-order valence-corrected chi connectivity index (χ2v) is 7.77. The minimum absolute atomic E-state index is 0.0454. The average molecular weight is 415 g/mol. The molecule has 6 heteroatoms. The zero-order chi connectivity index (χ0) is 21.8. The van der Waals surface area contributed by atoms with Crippen molar-refractivity contribution in [2.45, 2.75) is 12.8 Å². The molecule has 3 aromatic carbocycles. The van der Waals surface area contributed by atoms with Crippen LogP contribution in [0.2, 0.25) is 0 Å². The topological polar surface area (TPSA) is 78.5 Å². The monoisotopic (exact) mass is 415 g/mol. The lowest BCUT2D eigenvalue weighted by molar-refractivity contribution is -0.121. The van der Waals surface area contributed by atoms with Crippen molar-refractivity contribution < 1.29 is 14.4 Å². The van der Waals surface area contributed by atoms with E-state index in [-0.39, 0.29) is 23.6 Å². The van der Waals surface area contributed by atoms with E-state index < -0.39 is 0 Å². The van der Waals surface area contributed by atoms with E-state index in [0.29, 0.717) is 29.9 Å². The lowest BCUT2D eigenvalue weighted by Gasteiger charge is -2.32. The van der Waals surface area contributed by atoms with E-state index in [4.69, 9.17) is 0 Å². The van der Waals surface area contributed by atoms with Gasteiger partial charge in [-0.05, 0) is 47.9 Å². The van der Waals surface area contributed by atoms with E-state index in [2.05, 4.69) is 10.6 Å². The first-order chi connectivity index (χ1) is 15.1. The highest BCUT2D eigenvalue weighted by molar-refractivity contribution is 6.07. The van der Waals surface area contributed by atoms with Gasteiger partial charge < -0.3 is 15.5 Å². The lowest BCUT2D eigenvalue weighted by atomic mass is 9.95. The number of amides is 3. The Morgan fingerprint density at radius 2 is 1.74 bits per heavy atom. The maximum atomic E-state index is 13.2.